The molecule has 5 heteroatoms. The van der Waals surface area contributed by atoms with Crippen LogP contribution >= 0.6 is 11.3 Å². The lowest BCUT2D eigenvalue weighted by Crippen LogP contribution is -2.15. The number of methoxy groups -OCH3 is 1. The van der Waals surface area contributed by atoms with Gasteiger partial charge in [-0.25, -0.2) is 4.79 Å². The first kappa shape index (κ1) is 11.7. The van der Waals surface area contributed by atoms with Gasteiger partial charge >= 0.3 is 5.97 Å². The SMILES string of the molecule is COC(=O)c1csc(NC(=O)C2[C@H]3CCC[C@@H]23)c1. The molecule has 1 aromatic rings. The average Bonchev–Trinajstić information content (AvgIpc) is 2.76. The maximum absolute atomic E-state index is 12.0. The summed E-state index contributed by atoms with van der Waals surface area (Å²) in [7, 11) is 1.35. The van der Waals surface area contributed by atoms with E-state index in [1.165, 1.54) is 37.7 Å². The molecule has 2 fully saturated rings. The quantitative estimate of drug-likeness (QED) is 0.854. The summed E-state index contributed by atoms with van der Waals surface area (Å²) in [5, 5.41) is 5.33. The number of nitrogens with one attached hydrogen (secondary N) is 1. The van der Waals surface area contributed by atoms with Crippen LogP contribution < -0.4 is 5.32 Å². The molecule has 0 aliphatic heterocycles. The Kier molecular flexibility index (Phi) is 2.86. The molecule has 0 bridgehead atoms. The molecule has 0 aromatic carbocycles. The van der Waals surface area contributed by atoms with Crippen LogP contribution in [0.3, 0.4) is 0 Å². The van der Waals surface area contributed by atoms with E-state index in [9.17, 15) is 9.59 Å². The van der Waals surface area contributed by atoms with Crippen molar-refractivity contribution in [1.29, 1.82) is 0 Å². The third kappa shape index (κ3) is 1.92. The minimum Gasteiger partial charge on any atom is -0.465 e. The number of carbonyl (C=O) groups is 2. The van der Waals surface area contributed by atoms with Gasteiger partial charge in [0.1, 0.15) is 0 Å². The molecule has 0 spiro atoms. The number of hydrogen-bond donors (Lipinski definition) is 1. The number of amides is 1. The van der Waals surface area contributed by atoms with Crippen LogP contribution in [0.25, 0.3) is 0 Å². The van der Waals surface area contributed by atoms with Crippen LogP contribution in [0.2, 0.25) is 0 Å². The Bertz CT molecular complexity index is 486. The maximum Gasteiger partial charge on any atom is 0.338 e. The molecule has 3 atom stereocenters. The largest absolute Gasteiger partial charge is 0.465 e. The highest BCUT2D eigenvalue weighted by molar-refractivity contribution is 7.14. The van der Waals surface area contributed by atoms with Gasteiger partial charge in [-0.15, -0.1) is 11.3 Å². The maximum atomic E-state index is 12.0. The van der Waals surface area contributed by atoms with Gasteiger partial charge in [-0.2, -0.15) is 0 Å². The molecule has 96 valence electrons. The summed E-state index contributed by atoms with van der Waals surface area (Å²) in [6.45, 7) is 0. The Hall–Kier alpha value is -1.36. The van der Waals surface area contributed by atoms with Crippen LogP contribution in [-0.2, 0) is 9.53 Å². The van der Waals surface area contributed by atoms with E-state index in [2.05, 4.69) is 10.1 Å². The lowest BCUT2D eigenvalue weighted by atomic mass is 10.1. The first-order valence-corrected chi connectivity index (χ1v) is 7.06. The van der Waals surface area contributed by atoms with Crippen molar-refractivity contribution in [3.63, 3.8) is 0 Å². The molecule has 2 saturated carbocycles. The van der Waals surface area contributed by atoms with Crippen molar-refractivity contribution < 1.29 is 14.3 Å². The normalized spacial score (nSPS) is 28.6. The fraction of sp³-hybridized carbons (Fsp3) is 0.538. The minimum absolute atomic E-state index is 0.114. The molecule has 1 heterocycles. The first-order valence-electron chi connectivity index (χ1n) is 6.18. The van der Waals surface area contributed by atoms with E-state index in [0.29, 0.717) is 17.4 Å². The molecular weight excluding hydrogens is 250 g/mol. The summed E-state index contributed by atoms with van der Waals surface area (Å²) in [5.74, 6) is 1.19. The van der Waals surface area contributed by atoms with Gasteiger partial charge in [0.25, 0.3) is 0 Å². The molecule has 3 rings (SSSR count). The van der Waals surface area contributed by atoms with Crippen molar-refractivity contribution in [3.05, 3.63) is 17.0 Å². The molecule has 1 aromatic heterocycles. The van der Waals surface area contributed by atoms with E-state index >= 15 is 0 Å². The summed E-state index contributed by atoms with van der Waals surface area (Å²) in [6.07, 6.45) is 3.66. The van der Waals surface area contributed by atoms with Crippen LogP contribution in [0.4, 0.5) is 5.00 Å². The number of ether oxygens (including phenoxy) is 1. The Balaban J connectivity index is 1.61. The molecule has 1 N–H and O–H groups in total. The minimum atomic E-state index is -0.366. The highest BCUT2D eigenvalue weighted by Gasteiger charge is 2.56. The van der Waals surface area contributed by atoms with Gasteiger partial charge < -0.3 is 10.1 Å². The fourth-order valence-corrected chi connectivity index (χ4v) is 3.81. The number of esters is 1. The summed E-state index contributed by atoms with van der Waals surface area (Å²) >= 11 is 1.36. The van der Waals surface area contributed by atoms with E-state index in [4.69, 9.17) is 0 Å². The van der Waals surface area contributed by atoms with Gasteiger partial charge in [0.05, 0.1) is 17.7 Å². The zero-order valence-electron chi connectivity index (χ0n) is 10.1. The Morgan fingerprint density at radius 3 is 2.78 bits per heavy atom. The molecular formula is C13H15NO3S. The summed E-state index contributed by atoms with van der Waals surface area (Å²) in [6, 6.07) is 1.67. The molecule has 2 aliphatic carbocycles. The van der Waals surface area contributed by atoms with Crippen molar-refractivity contribution >= 4 is 28.2 Å². The number of anilines is 1. The van der Waals surface area contributed by atoms with Crippen molar-refractivity contribution in [2.75, 3.05) is 12.4 Å². The van der Waals surface area contributed by atoms with Gasteiger partial charge in [0.2, 0.25) is 5.91 Å². The van der Waals surface area contributed by atoms with Crippen LogP contribution in [0, 0.1) is 17.8 Å². The number of carbonyl (C=O) groups excluding carboxylic acids is 2. The summed E-state index contributed by atoms with van der Waals surface area (Å²) in [4.78, 5) is 23.3. The smallest absolute Gasteiger partial charge is 0.338 e. The second kappa shape index (κ2) is 4.39. The first-order chi connectivity index (χ1) is 8.70. The van der Waals surface area contributed by atoms with Gasteiger partial charge in [-0.1, -0.05) is 6.42 Å². The molecule has 18 heavy (non-hydrogen) atoms. The Morgan fingerprint density at radius 1 is 1.39 bits per heavy atom. The van der Waals surface area contributed by atoms with E-state index < -0.39 is 0 Å². The van der Waals surface area contributed by atoms with Crippen molar-refractivity contribution in [2.45, 2.75) is 19.3 Å². The van der Waals surface area contributed by atoms with Crippen molar-refractivity contribution in [1.82, 2.24) is 0 Å². The topological polar surface area (TPSA) is 55.4 Å². The van der Waals surface area contributed by atoms with Crippen LogP contribution in [0.5, 0.6) is 0 Å². The van der Waals surface area contributed by atoms with Crippen LogP contribution in [0.15, 0.2) is 11.4 Å². The van der Waals surface area contributed by atoms with Gasteiger partial charge in [-0.05, 0) is 30.7 Å². The molecule has 1 amide bonds. The number of fused-ring (bicyclic) bond motifs is 1. The van der Waals surface area contributed by atoms with E-state index in [1.54, 1.807) is 11.4 Å². The second-order valence-corrected chi connectivity index (χ2v) is 5.88. The third-order valence-corrected chi connectivity index (χ3v) is 4.82. The van der Waals surface area contributed by atoms with Crippen molar-refractivity contribution in [3.8, 4) is 0 Å². The second-order valence-electron chi connectivity index (χ2n) is 4.96. The zero-order valence-corrected chi connectivity index (χ0v) is 11.0. The van der Waals surface area contributed by atoms with Gasteiger partial charge in [-0.3, -0.25) is 4.79 Å². The van der Waals surface area contributed by atoms with E-state index in [1.807, 2.05) is 0 Å². The van der Waals surface area contributed by atoms with Gasteiger partial charge in [0.15, 0.2) is 0 Å². The Labute approximate surface area is 109 Å². The third-order valence-electron chi connectivity index (χ3n) is 3.98. The van der Waals surface area contributed by atoms with Crippen molar-refractivity contribution in [2.24, 2.45) is 17.8 Å². The van der Waals surface area contributed by atoms with Gasteiger partial charge in [0, 0.05) is 11.3 Å². The van der Waals surface area contributed by atoms with Crippen LogP contribution in [0.1, 0.15) is 29.6 Å². The number of thiophene rings is 1. The van der Waals surface area contributed by atoms with E-state index in [0.717, 1.165) is 5.00 Å². The summed E-state index contributed by atoms with van der Waals surface area (Å²) < 4.78 is 4.63. The number of hydrogen-bond acceptors (Lipinski definition) is 4. The van der Waals surface area contributed by atoms with E-state index in [-0.39, 0.29) is 17.8 Å². The molecule has 4 nitrogen and oxygen atoms in total. The molecule has 2 aliphatic rings. The fourth-order valence-electron chi connectivity index (χ4n) is 3.04. The highest BCUT2D eigenvalue weighted by atomic mass is 32.1. The standard InChI is InChI=1S/C13H15NO3S/c1-17-13(16)7-5-10(18-6-7)14-12(15)11-8-3-2-4-9(8)11/h5-6,8-9,11H,2-4H2,1H3,(H,14,15)/t8-,9+,11?. The lowest BCUT2D eigenvalue weighted by Gasteiger charge is -2.03. The Morgan fingerprint density at radius 2 is 2.11 bits per heavy atom. The molecule has 0 radical (unpaired) electrons. The average molecular weight is 265 g/mol. The molecule has 0 saturated heterocycles. The zero-order chi connectivity index (χ0) is 12.7. The van der Waals surface area contributed by atoms with Crippen LogP contribution in [-0.4, -0.2) is 19.0 Å². The predicted octanol–water partition coefficient (Wildman–Crippen LogP) is 2.52. The highest BCUT2D eigenvalue weighted by Crippen LogP contribution is 2.57. The monoisotopic (exact) mass is 265 g/mol. The summed E-state index contributed by atoms with van der Waals surface area (Å²) in [5.41, 5.74) is 0.494. The number of rotatable bonds is 3. The predicted molar refractivity (Wildman–Crippen MR) is 68.6 cm³/mol. The molecule has 1 unspecified atom stereocenters. The lowest BCUT2D eigenvalue weighted by molar-refractivity contribution is -0.118.